The van der Waals surface area contributed by atoms with Crippen LogP contribution in [0.3, 0.4) is 0 Å². The van der Waals surface area contributed by atoms with Crippen LogP contribution in [0.25, 0.3) is 22.3 Å². The van der Waals surface area contributed by atoms with Crippen molar-refractivity contribution >= 4 is 28.6 Å². The van der Waals surface area contributed by atoms with Gasteiger partial charge in [0.25, 0.3) is 0 Å². The second-order valence-electron chi connectivity index (χ2n) is 8.96. The van der Waals surface area contributed by atoms with E-state index in [4.69, 9.17) is 11.6 Å². The largest absolute Gasteiger partial charge is 0.434 e. The zero-order valence-corrected chi connectivity index (χ0v) is 20.4. The van der Waals surface area contributed by atoms with Gasteiger partial charge in [-0.25, -0.2) is 14.4 Å². The highest BCUT2D eigenvalue weighted by Gasteiger charge is 2.25. The Labute approximate surface area is 210 Å². The number of H-pyrrole nitrogens is 1. The van der Waals surface area contributed by atoms with Crippen LogP contribution in [0.2, 0.25) is 5.02 Å². The molecule has 4 aromatic rings. The standard InChI is InChI=1S/C25H25ClF3N5O2/c1-13(21-20(36-24(28)29)4-3-18(27)22(21)26)17-11-31-23-16(17)9-14(10-30-23)19-12-32-25(33(19)2)34-7-5-15(35)6-8-34/h3-4,9-13,15,24,35H,5-8H2,1-2H3,(H,30,31). The summed E-state index contributed by atoms with van der Waals surface area (Å²) in [6, 6.07) is 4.11. The molecule has 190 valence electrons. The second kappa shape index (κ2) is 9.67. The van der Waals surface area contributed by atoms with Gasteiger partial charge in [0.2, 0.25) is 5.95 Å². The number of rotatable bonds is 6. The molecule has 0 radical (unpaired) electrons. The molecule has 0 bridgehead atoms. The number of imidazole rings is 1. The van der Waals surface area contributed by atoms with Gasteiger partial charge in [-0.05, 0) is 36.6 Å². The second-order valence-corrected chi connectivity index (χ2v) is 9.34. The summed E-state index contributed by atoms with van der Waals surface area (Å²) in [6.45, 7) is 0.122. The molecular weight excluding hydrogens is 495 g/mol. The van der Waals surface area contributed by atoms with Gasteiger partial charge in [0.15, 0.2) is 0 Å². The van der Waals surface area contributed by atoms with E-state index < -0.39 is 18.3 Å². The van der Waals surface area contributed by atoms with Gasteiger partial charge in [-0.2, -0.15) is 8.78 Å². The van der Waals surface area contributed by atoms with Crippen LogP contribution in [0.5, 0.6) is 5.75 Å². The fraction of sp³-hybridized carbons (Fsp3) is 0.360. The third kappa shape index (κ3) is 4.39. The summed E-state index contributed by atoms with van der Waals surface area (Å²) >= 11 is 6.22. The number of alkyl halides is 2. The maximum atomic E-state index is 14.3. The molecule has 0 amide bonds. The average Bonchev–Trinajstić information content (AvgIpc) is 3.44. The molecule has 1 aliphatic heterocycles. The van der Waals surface area contributed by atoms with Crippen LogP contribution in [0, 0.1) is 5.82 Å². The lowest BCUT2D eigenvalue weighted by Crippen LogP contribution is -2.37. The molecule has 1 aromatic carbocycles. The number of ether oxygens (including phenoxy) is 1. The van der Waals surface area contributed by atoms with Crippen molar-refractivity contribution in [1.29, 1.82) is 0 Å². The molecule has 3 aromatic heterocycles. The first-order valence-electron chi connectivity index (χ1n) is 11.6. The highest BCUT2D eigenvalue weighted by molar-refractivity contribution is 6.31. The van der Waals surface area contributed by atoms with Gasteiger partial charge in [0, 0.05) is 55.0 Å². The van der Waals surface area contributed by atoms with Crippen molar-refractivity contribution in [3.8, 4) is 17.0 Å². The lowest BCUT2D eigenvalue weighted by molar-refractivity contribution is -0.0505. The summed E-state index contributed by atoms with van der Waals surface area (Å²) in [5.41, 5.74) is 3.09. The van der Waals surface area contributed by atoms with E-state index in [0.29, 0.717) is 24.1 Å². The normalized spacial score (nSPS) is 15.7. The summed E-state index contributed by atoms with van der Waals surface area (Å²) in [7, 11) is 1.92. The van der Waals surface area contributed by atoms with E-state index in [9.17, 15) is 18.3 Å². The smallest absolute Gasteiger partial charge is 0.387 e. The van der Waals surface area contributed by atoms with Crippen molar-refractivity contribution in [2.75, 3.05) is 18.0 Å². The van der Waals surface area contributed by atoms with Crippen LogP contribution in [0.15, 0.2) is 36.8 Å². The number of aliphatic hydroxyl groups is 1. The molecule has 0 aliphatic carbocycles. The molecule has 36 heavy (non-hydrogen) atoms. The van der Waals surface area contributed by atoms with Crippen molar-refractivity contribution in [2.45, 2.75) is 38.4 Å². The van der Waals surface area contributed by atoms with Crippen LogP contribution in [-0.4, -0.2) is 50.4 Å². The molecule has 5 rings (SSSR count). The number of benzene rings is 1. The van der Waals surface area contributed by atoms with Crippen molar-refractivity contribution in [2.24, 2.45) is 7.05 Å². The molecule has 4 heterocycles. The molecule has 0 saturated carbocycles. The lowest BCUT2D eigenvalue weighted by atomic mass is 9.92. The van der Waals surface area contributed by atoms with E-state index in [0.717, 1.165) is 47.8 Å². The Bertz CT molecular complexity index is 1400. The fourth-order valence-corrected chi connectivity index (χ4v) is 5.18. The monoisotopic (exact) mass is 519 g/mol. The zero-order chi connectivity index (χ0) is 25.6. The Morgan fingerprint density at radius 3 is 2.67 bits per heavy atom. The van der Waals surface area contributed by atoms with E-state index in [2.05, 4.69) is 24.6 Å². The Morgan fingerprint density at radius 2 is 1.94 bits per heavy atom. The van der Waals surface area contributed by atoms with E-state index in [1.54, 1.807) is 25.5 Å². The molecule has 1 fully saturated rings. The number of aromatic nitrogens is 4. The minimum atomic E-state index is -3.07. The number of hydrogen-bond acceptors (Lipinski definition) is 5. The van der Waals surface area contributed by atoms with Gasteiger partial charge in [-0.1, -0.05) is 18.5 Å². The molecule has 7 nitrogen and oxygen atoms in total. The van der Waals surface area contributed by atoms with Crippen molar-refractivity contribution < 1.29 is 23.0 Å². The number of nitrogens with zero attached hydrogens (tertiary/aromatic N) is 4. The third-order valence-electron chi connectivity index (χ3n) is 6.78. The molecule has 0 spiro atoms. The van der Waals surface area contributed by atoms with Crippen molar-refractivity contribution in [3.05, 3.63) is 58.8 Å². The number of hydrogen-bond donors (Lipinski definition) is 2. The van der Waals surface area contributed by atoms with Crippen LogP contribution in [0.1, 0.15) is 36.8 Å². The fourth-order valence-electron chi connectivity index (χ4n) is 4.86. The summed E-state index contributed by atoms with van der Waals surface area (Å²) in [5.74, 6) is -0.661. The number of nitrogens with one attached hydrogen (secondary N) is 1. The number of anilines is 1. The SMILES string of the molecule is CC(c1c(OC(F)F)ccc(F)c1Cl)c1c[nH]c2ncc(-c3cnc(N4CCC(O)CC4)n3C)cc12. The topological polar surface area (TPSA) is 79.2 Å². The Kier molecular flexibility index (Phi) is 6.57. The highest BCUT2D eigenvalue weighted by atomic mass is 35.5. The maximum absolute atomic E-state index is 14.3. The predicted octanol–water partition coefficient (Wildman–Crippen LogP) is 5.47. The molecule has 1 aliphatic rings. The number of aliphatic hydroxyl groups excluding tert-OH is 1. The first kappa shape index (κ1) is 24.5. The highest BCUT2D eigenvalue weighted by Crippen LogP contribution is 2.41. The van der Waals surface area contributed by atoms with Gasteiger partial charge in [0.1, 0.15) is 17.2 Å². The number of halogens is 4. The number of fused-ring (bicyclic) bond motifs is 1. The predicted molar refractivity (Wildman–Crippen MR) is 131 cm³/mol. The lowest BCUT2D eigenvalue weighted by Gasteiger charge is -2.30. The molecular formula is C25H25ClF3N5O2. The Hall–Kier alpha value is -3.24. The van der Waals surface area contributed by atoms with Gasteiger partial charge >= 0.3 is 6.61 Å². The van der Waals surface area contributed by atoms with Crippen LogP contribution in [0.4, 0.5) is 19.1 Å². The summed E-state index contributed by atoms with van der Waals surface area (Å²) < 4.78 is 47.0. The molecule has 1 saturated heterocycles. The minimum Gasteiger partial charge on any atom is -0.434 e. The van der Waals surface area contributed by atoms with E-state index >= 15 is 0 Å². The molecule has 2 N–H and O–H groups in total. The zero-order valence-electron chi connectivity index (χ0n) is 19.7. The van der Waals surface area contributed by atoms with Crippen LogP contribution < -0.4 is 9.64 Å². The van der Waals surface area contributed by atoms with Crippen molar-refractivity contribution in [3.63, 3.8) is 0 Å². The number of pyridine rings is 1. The van der Waals surface area contributed by atoms with E-state index in [1.165, 1.54) is 0 Å². The van der Waals surface area contributed by atoms with Crippen LogP contribution in [-0.2, 0) is 7.05 Å². The average molecular weight is 520 g/mol. The number of aromatic amines is 1. The first-order chi connectivity index (χ1) is 17.2. The van der Waals surface area contributed by atoms with Gasteiger partial charge in [0.05, 0.1) is 23.0 Å². The minimum absolute atomic E-state index is 0.137. The van der Waals surface area contributed by atoms with Crippen LogP contribution >= 0.6 is 11.6 Å². The maximum Gasteiger partial charge on any atom is 0.387 e. The quantitative estimate of drug-likeness (QED) is 0.353. The molecule has 11 heteroatoms. The Morgan fingerprint density at radius 1 is 1.19 bits per heavy atom. The van der Waals surface area contributed by atoms with E-state index in [-0.39, 0.29) is 22.4 Å². The summed E-state index contributed by atoms with van der Waals surface area (Å²) in [5, 5.41) is 10.3. The Balaban J connectivity index is 1.53. The molecule has 1 atom stereocenters. The van der Waals surface area contributed by atoms with Gasteiger partial charge < -0.3 is 24.3 Å². The summed E-state index contributed by atoms with van der Waals surface area (Å²) in [6.07, 6.45) is 6.33. The summed E-state index contributed by atoms with van der Waals surface area (Å²) in [4.78, 5) is 14.4. The molecule has 1 unspecified atom stereocenters. The third-order valence-corrected chi connectivity index (χ3v) is 7.16. The van der Waals surface area contributed by atoms with Crippen molar-refractivity contribution in [1.82, 2.24) is 19.5 Å². The van der Waals surface area contributed by atoms with E-state index in [1.807, 2.05) is 17.7 Å². The van der Waals surface area contributed by atoms with Gasteiger partial charge in [-0.3, -0.25) is 0 Å². The first-order valence-corrected chi connectivity index (χ1v) is 12.0. The number of piperidine rings is 1. The van der Waals surface area contributed by atoms with Gasteiger partial charge in [-0.15, -0.1) is 0 Å².